The second-order valence-electron chi connectivity index (χ2n) is 4.86. The van der Waals surface area contributed by atoms with Crippen LogP contribution in [0.4, 0.5) is 5.69 Å². The van der Waals surface area contributed by atoms with Crippen molar-refractivity contribution in [2.24, 2.45) is 4.99 Å². The summed E-state index contributed by atoms with van der Waals surface area (Å²) in [6.07, 6.45) is 0. The van der Waals surface area contributed by atoms with Crippen LogP contribution in [0.5, 0.6) is 11.5 Å². The number of hydrogen-bond donors (Lipinski definition) is 2. The first kappa shape index (κ1) is 20.6. The molecule has 0 bridgehead atoms. The SMILES string of the molecule is CCOc1cc(NC(=NC)NCc2ccc(C)s2)ccc1OC.I. The molecule has 0 fully saturated rings. The highest BCUT2D eigenvalue weighted by molar-refractivity contribution is 14.0. The number of aliphatic imine (C=N–C) groups is 1. The summed E-state index contributed by atoms with van der Waals surface area (Å²) in [5.41, 5.74) is 0.893. The van der Waals surface area contributed by atoms with Crippen LogP contribution in [0, 0.1) is 6.92 Å². The van der Waals surface area contributed by atoms with Crippen molar-refractivity contribution in [3.05, 3.63) is 40.1 Å². The van der Waals surface area contributed by atoms with E-state index in [9.17, 15) is 0 Å². The van der Waals surface area contributed by atoms with Crippen LogP contribution in [0.1, 0.15) is 16.7 Å². The summed E-state index contributed by atoms with van der Waals surface area (Å²) in [6, 6.07) is 9.97. The normalized spacial score (nSPS) is 10.8. The third-order valence-corrected chi connectivity index (χ3v) is 4.18. The molecule has 24 heavy (non-hydrogen) atoms. The molecule has 0 radical (unpaired) electrons. The van der Waals surface area contributed by atoms with E-state index in [1.807, 2.05) is 25.1 Å². The number of aryl methyl sites for hydroxylation is 1. The Morgan fingerprint density at radius 1 is 1.21 bits per heavy atom. The van der Waals surface area contributed by atoms with E-state index in [2.05, 4.69) is 34.7 Å². The Bertz CT molecular complexity index is 674. The summed E-state index contributed by atoms with van der Waals surface area (Å²) < 4.78 is 10.9. The van der Waals surface area contributed by atoms with Gasteiger partial charge in [-0.3, -0.25) is 4.99 Å². The first-order valence-electron chi connectivity index (χ1n) is 7.50. The molecule has 0 aliphatic rings. The van der Waals surface area contributed by atoms with E-state index < -0.39 is 0 Å². The average Bonchev–Trinajstić information content (AvgIpc) is 2.97. The summed E-state index contributed by atoms with van der Waals surface area (Å²) in [7, 11) is 3.39. The third kappa shape index (κ3) is 5.86. The van der Waals surface area contributed by atoms with Gasteiger partial charge in [0.25, 0.3) is 0 Å². The van der Waals surface area contributed by atoms with Crippen molar-refractivity contribution >= 4 is 47.0 Å². The number of benzene rings is 1. The van der Waals surface area contributed by atoms with E-state index in [1.165, 1.54) is 9.75 Å². The molecule has 132 valence electrons. The van der Waals surface area contributed by atoms with Crippen molar-refractivity contribution in [3.8, 4) is 11.5 Å². The second kappa shape index (κ2) is 10.4. The molecular weight excluding hydrogens is 437 g/mol. The highest BCUT2D eigenvalue weighted by Crippen LogP contribution is 2.30. The lowest BCUT2D eigenvalue weighted by molar-refractivity contribution is 0.311. The predicted octanol–water partition coefficient (Wildman–Crippen LogP) is 4.27. The quantitative estimate of drug-likeness (QED) is 0.384. The van der Waals surface area contributed by atoms with Gasteiger partial charge in [-0.15, -0.1) is 35.3 Å². The Morgan fingerprint density at radius 3 is 2.58 bits per heavy atom. The third-order valence-electron chi connectivity index (χ3n) is 3.18. The van der Waals surface area contributed by atoms with Crippen molar-refractivity contribution in [1.82, 2.24) is 5.32 Å². The standard InChI is InChI=1S/C17H23N3O2S.HI/c1-5-22-16-10-13(7-9-15(16)21-4)20-17(18-3)19-11-14-8-6-12(2)23-14;/h6-10H,5,11H2,1-4H3,(H2,18,19,20);1H. The molecule has 2 N–H and O–H groups in total. The number of rotatable bonds is 6. The largest absolute Gasteiger partial charge is 0.493 e. The van der Waals surface area contributed by atoms with Crippen LogP contribution in [0.25, 0.3) is 0 Å². The molecule has 0 amide bonds. The Kier molecular flexibility index (Phi) is 8.91. The maximum atomic E-state index is 5.59. The maximum absolute atomic E-state index is 5.59. The van der Waals surface area contributed by atoms with E-state index in [-0.39, 0.29) is 24.0 Å². The van der Waals surface area contributed by atoms with Gasteiger partial charge in [-0.2, -0.15) is 0 Å². The second-order valence-corrected chi connectivity index (χ2v) is 6.23. The predicted molar refractivity (Wildman–Crippen MR) is 112 cm³/mol. The average molecular weight is 461 g/mol. The van der Waals surface area contributed by atoms with Crippen LogP contribution in [0.3, 0.4) is 0 Å². The molecule has 7 heteroatoms. The molecule has 1 aromatic heterocycles. The van der Waals surface area contributed by atoms with Crippen molar-refractivity contribution < 1.29 is 9.47 Å². The smallest absolute Gasteiger partial charge is 0.195 e. The Balaban J connectivity index is 0.00000288. The minimum atomic E-state index is 0. The van der Waals surface area contributed by atoms with Crippen LogP contribution in [-0.2, 0) is 6.54 Å². The zero-order chi connectivity index (χ0) is 16.7. The van der Waals surface area contributed by atoms with Gasteiger partial charge < -0.3 is 20.1 Å². The number of halogens is 1. The van der Waals surface area contributed by atoms with Crippen LogP contribution in [-0.4, -0.2) is 26.7 Å². The van der Waals surface area contributed by atoms with Gasteiger partial charge in [0.1, 0.15) is 0 Å². The summed E-state index contributed by atoms with van der Waals surface area (Å²) in [4.78, 5) is 6.83. The zero-order valence-corrected chi connectivity index (χ0v) is 17.5. The van der Waals surface area contributed by atoms with Crippen LogP contribution < -0.4 is 20.1 Å². The van der Waals surface area contributed by atoms with Gasteiger partial charge in [-0.05, 0) is 38.1 Å². The number of ether oxygens (including phenoxy) is 2. The molecule has 0 unspecified atom stereocenters. The van der Waals surface area contributed by atoms with Gasteiger partial charge in [-0.1, -0.05) is 0 Å². The van der Waals surface area contributed by atoms with Gasteiger partial charge in [0, 0.05) is 28.6 Å². The molecule has 0 saturated heterocycles. The molecule has 0 aliphatic heterocycles. The molecule has 0 aliphatic carbocycles. The Labute approximate surface area is 164 Å². The summed E-state index contributed by atoms with van der Waals surface area (Å²) in [5, 5.41) is 6.57. The van der Waals surface area contributed by atoms with E-state index >= 15 is 0 Å². The number of nitrogens with zero attached hydrogens (tertiary/aromatic N) is 1. The topological polar surface area (TPSA) is 54.9 Å². The fourth-order valence-corrected chi connectivity index (χ4v) is 2.92. The number of thiophene rings is 1. The summed E-state index contributed by atoms with van der Waals surface area (Å²) in [6.45, 7) is 5.38. The lowest BCUT2D eigenvalue weighted by atomic mass is 10.2. The highest BCUT2D eigenvalue weighted by Gasteiger charge is 2.07. The van der Waals surface area contributed by atoms with Crippen molar-refractivity contribution in [2.75, 3.05) is 26.1 Å². The molecule has 0 atom stereocenters. The number of guanidine groups is 1. The molecule has 0 saturated carbocycles. The minimum Gasteiger partial charge on any atom is -0.493 e. The lowest BCUT2D eigenvalue weighted by Gasteiger charge is -2.14. The molecule has 1 aromatic carbocycles. The fraction of sp³-hybridized carbons (Fsp3) is 0.353. The van der Waals surface area contributed by atoms with Gasteiger partial charge >= 0.3 is 0 Å². The number of hydrogen-bond acceptors (Lipinski definition) is 4. The number of anilines is 1. The number of nitrogens with one attached hydrogen (secondary N) is 2. The zero-order valence-electron chi connectivity index (χ0n) is 14.4. The van der Waals surface area contributed by atoms with Crippen LogP contribution in [0.15, 0.2) is 35.3 Å². The summed E-state index contributed by atoms with van der Waals surface area (Å²) >= 11 is 1.78. The van der Waals surface area contributed by atoms with E-state index in [4.69, 9.17) is 9.47 Å². The number of methoxy groups -OCH3 is 1. The first-order chi connectivity index (χ1) is 11.2. The molecule has 1 heterocycles. The Hall–Kier alpha value is -1.48. The minimum absolute atomic E-state index is 0. The van der Waals surface area contributed by atoms with Crippen LogP contribution >= 0.6 is 35.3 Å². The van der Waals surface area contributed by atoms with Gasteiger partial charge in [0.15, 0.2) is 17.5 Å². The van der Waals surface area contributed by atoms with Gasteiger partial charge in [0.2, 0.25) is 0 Å². The van der Waals surface area contributed by atoms with Crippen molar-refractivity contribution in [2.45, 2.75) is 20.4 Å². The van der Waals surface area contributed by atoms with Crippen molar-refractivity contribution in [1.29, 1.82) is 0 Å². The molecular formula is C17H24IN3O2S. The molecule has 2 aromatic rings. The molecule has 2 rings (SSSR count). The van der Waals surface area contributed by atoms with E-state index in [0.717, 1.165) is 18.0 Å². The Morgan fingerprint density at radius 2 is 2.00 bits per heavy atom. The van der Waals surface area contributed by atoms with Gasteiger partial charge in [-0.25, -0.2) is 0 Å². The monoisotopic (exact) mass is 461 g/mol. The first-order valence-corrected chi connectivity index (χ1v) is 8.31. The van der Waals surface area contributed by atoms with Crippen molar-refractivity contribution in [3.63, 3.8) is 0 Å². The van der Waals surface area contributed by atoms with Crippen LogP contribution in [0.2, 0.25) is 0 Å². The van der Waals surface area contributed by atoms with Gasteiger partial charge in [0.05, 0.1) is 20.3 Å². The lowest BCUT2D eigenvalue weighted by Crippen LogP contribution is -2.29. The maximum Gasteiger partial charge on any atom is 0.195 e. The summed E-state index contributed by atoms with van der Waals surface area (Å²) in [5.74, 6) is 2.14. The fourth-order valence-electron chi connectivity index (χ4n) is 2.09. The van der Waals surface area contributed by atoms with E-state index in [0.29, 0.717) is 18.3 Å². The van der Waals surface area contributed by atoms with E-state index in [1.54, 1.807) is 25.5 Å². The highest BCUT2D eigenvalue weighted by atomic mass is 127. The molecule has 0 spiro atoms. The molecule has 5 nitrogen and oxygen atoms in total.